The highest BCUT2D eigenvalue weighted by atomic mass is 16.5. The maximum absolute atomic E-state index is 6.28. The predicted molar refractivity (Wildman–Crippen MR) is 112 cm³/mol. The van der Waals surface area contributed by atoms with E-state index >= 15 is 0 Å². The lowest BCUT2D eigenvalue weighted by atomic mass is 10.0. The first-order valence-electron chi connectivity index (χ1n) is 8.81. The van der Waals surface area contributed by atoms with Gasteiger partial charge in [0, 0.05) is 25.7 Å². The Balaban J connectivity index is 2.02. The Kier molecular flexibility index (Phi) is 5.21. The normalized spacial score (nSPS) is 12.1. The zero-order chi connectivity index (χ0) is 19.6. The Bertz CT molecular complexity index is 1050. The van der Waals surface area contributed by atoms with E-state index in [1.54, 1.807) is 6.21 Å². The maximum Gasteiger partial charge on any atom is 0.247 e. The van der Waals surface area contributed by atoms with Gasteiger partial charge in [-0.05, 0) is 74.2 Å². The fraction of sp³-hybridized carbons (Fsp3) is 0.227. The molecule has 0 N–H and O–H groups in total. The lowest BCUT2D eigenvalue weighted by Gasteiger charge is -2.15. The molecule has 1 aromatic carbocycles. The van der Waals surface area contributed by atoms with Crippen LogP contribution >= 0.6 is 0 Å². The van der Waals surface area contributed by atoms with Crippen LogP contribution in [0.5, 0.6) is 11.6 Å². The highest BCUT2D eigenvalue weighted by Gasteiger charge is 2.15. The summed E-state index contributed by atoms with van der Waals surface area (Å²) in [5, 5.41) is 0. The molecule has 0 spiro atoms. The molecule has 0 fully saturated rings. The van der Waals surface area contributed by atoms with Crippen LogP contribution in [-0.4, -0.2) is 20.7 Å². The molecule has 3 rings (SSSR count). The molecule has 27 heavy (non-hydrogen) atoms. The van der Waals surface area contributed by atoms with Crippen molar-refractivity contribution in [3.8, 4) is 11.6 Å². The summed E-state index contributed by atoms with van der Waals surface area (Å²) < 4.78 is 8.26. The minimum atomic E-state index is 0.578. The van der Waals surface area contributed by atoms with Gasteiger partial charge in [-0.1, -0.05) is 6.58 Å². The summed E-state index contributed by atoms with van der Waals surface area (Å²) in [5.41, 5.74) is 6.14. The zero-order valence-corrected chi connectivity index (χ0v) is 16.4. The molecular formula is C22H24N4O. The number of nitrogens with zero attached hydrogens (tertiary/aromatic N) is 4. The van der Waals surface area contributed by atoms with E-state index in [0.29, 0.717) is 11.7 Å². The molecule has 0 radical (unpaired) electrons. The monoisotopic (exact) mass is 360 g/mol. The van der Waals surface area contributed by atoms with Crippen LogP contribution in [-0.2, 0) is 7.05 Å². The summed E-state index contributed by atoms with van der Waals surface area (Å²) in [7, 11) is 1.97. The van der Waals surface area contributed by atoms with Gasteiger partial charge >= 0.3 is 0 Å². The van der Waals surface area contributed by atoms with Gasteiger partial charge in [0.25, 0.3) is 0 Å². The molecule has 2 heterocycles. The molecule has 0 amide bonds. The van der Waals surface area contributed by atoms with Crippen molar-refractivity contribution in [2.24, 2.45) is 12.0 Å². The molecule has 0 aliphatic rings. The van der Waals surface area contributed by atoms with Crippen molar-refractivity contribution in [2.45, 2.75) is 27.7 Å². The molecule has 0 aliphatic heterocycles. The van der Waals surface area contributed by atoms with E-state index in [9.17, 15) is 0 Å². The summed E-state index contributed by atoms with van der Waals surface area (Å²) in [6.07, 6.45) is 7.20. The van der Waals surface area contributed by atoms with Crippen molar-refractivity contribution in [1.82, 2.24) is 14.5 Å². The van der Waals surface area contributed by atoms with Crippen LogP contribution in [0, 0.1) is 20.8 Å². The molecule has 0 saturated heterocycles. The summed E-state index contributed by atoms with van der Waals surface area (Å²) in [5.74, 6) is 2.09. The fourth-order valence-corrected chi connectivity index (χ4v) is 3.09. The van der Waals surface area contributed by atoms with Gasteiger partial charge in [0.1, 0.15) is 17.1 Å². The van der Waals surface area contributed by atoms with Crippen molar-refractivity contribution in [1.29, 1.82) is 0 Å². The highest BCUT2D eigenvalue weighted by molar-refractivity contribution is 5.84. The van der Waals surface area contributed by atoms with E-state index in [-0.39, 0.29) is 0 Å². The van der Waals surface area contributed by atoms with Crippen molar-refractivity contribution < 1.29 is 4.74 Å². The molecule has 5 heteroatoms. The van der Waals surface area contributed by atoms with Crippen molar-refractivity contribution >= 4 is 22.8 Å². The van der Waals surface area contributed by atoms with Gasteiger partial charge in [0.05, 0.1) is 5.52 Å². The number of aliphatic imine (C=N–C) groups is 1. The molecule has 0 saturated carbocycles. The number of benzene rings is 1. The van der Waals surface area contributed by atoms with Gasteiger partial charge in [-0.3, -0.25) is 4.99 Å². The molecule has 3 aromatic rings. The SMILES string of the molecule is C=CN=C/C=C(\C)c1cc(C)c(Oc2nc(C)nc3ccn(C)c23)c(C)c1. The molecule has 5 nitrogen and oxygen atoms in total. The molecular weight excluding hydrogens is 336 g/mol. The number of rotatable bonds is 5. The minimum Gasteiger partial charge on any atom is -0.436 e. The average molecular weight is 360 g/mol. The van der Waals surface area contributed by atoms with Crippen LogP contribution in [0.15, 0.2) is 48.2 Å². The highest BCUT2D eigenvalue weighted by Crippen LogP contribution is 2.34. The van der Waals surface area contributed by atoms with Crippen LogP contribution < -0.4 is 4.74 Å². The van der Waals surface area contributed by atoms with Crippen molar-refractivity contribution in [2.75, 3.05) is 0 Å². The number of fused-ring (bicyclic) bond motifs is 1. The second-order valence-corrected chi connectivity index (χ2v) is 6.61. The van der Waals surface area contributed by atoms with Crippen LogP contribution in [0.4, 0.5) is 0 Å². The second-order valence-electron chi connectivity index (χ2n) is 6.61. The Labute approximate surface area is 159 Å². The first-order chi connectivity index (χ1) is 12.9. The lowest BCUT2D eigenvalue weighted by Crippen LogP contribution is -2.00. The third kappa shape index (κ3) is 3.82. The smallest absolute Gasteiger partial charge is 0.247 e. The lowest BCUT2D eigenvalue weighted by molar-refractivity contribution is 0.457. The van der Waals surface area contributed by atoms with Gasteiger partial charge in [-0.15, -0.1) is 0 Å². The standard InChI is InChI=1S/C22H24N4O/c1-7-23-10-8-14(2)18-12-15(3)21(16(4)13-18)27-22-20-19(9-11-26(20)6)24-17(5)25-22/h7-13H,1H2,2-6H3/b14-8+,23-10?. The Morgan fingerprint density at radius 2 is 1.89 bits per heavy atom. The third-order valence-electron chi connectivity index (χ3n) is 4.43. The number of hydrogen-bond donors (Lipinski definition) is 0. The molecule has 0 aliphatic carbocycles. The summed E-state index contributed by atoms with van der Waals surface area (Å²) >= 11 is 0. The van der Waals surface area contributed by atoms with Gasteiger partial charge in [-0.25, -0.2) is 4.98 Å². The summed E-state index contributed by atoms with van der Waals surface area (Å²) in [6, 6.07) is 6.21. The Morgan fingerprint density at radius 3 is 2.56 bits per heavy atom. The number of aromatic nitrogens is 3. The van der Waals surface area contributed by atoms with Gasteiger partial charge < -0.3 is 9.30 Å². The van der Waals surface area contributed by atoms with E-state index in [1.807, 2.05) is 50.7 Å². The van der Waals surface area contributed by atoms with Crippen molar-refractivity contribution in [3.05, 3.63) is 65.8 Å². The number of aryl methyl sites for hydroxylation is 4. The summed E-state index contributed by atoms with van der Waals surface area (Å²) in [4.78, 5) is 13.0. The second kappa shape index (κ2) is 7.58. The van der Waals surface area contributed by atoms with Crippen LogP contribution in [0.2, 0.25) is 0 Å². The zero-order valence-electron chi connectivity index (χ0n) is 16.4. The average Bonchev–Trinajstić information content (AvgIpc) is 2.98. The molecule has 0 atom stereocenters. The number of allylic oxidation sites excluding steroid dienone is 2. The van der Waals surface area contributed by atoms with E-state index in [1.165, 1.54) is 6.20 Å². The summed E-state index contributed by atoms with van der Waals surface area (Å²) in [6.45, 7) is 11.6. The van der Waals surface area contributed by atoms with Gasteiger partial charge in [0.15, 0.2) is 0 Å². The minimum absolute atomic E-state index is 0.578. The number of ether oxygens (including phenoxy) is 1. The van der Waals surface area contributed by atoms with Crippen LogP contribution in [0.3, 0.4) is 0 Å². The third-order valence-corrected chi connectivity index (χ3v) is 4.43. The van der Waals surface area contributed by atoms with E-state index < -0.39 is 0 Å². The van der Waals surface area contributed by atoms with E-state index in [2.05, 4.69) is 40.6 Å². The van der Waals surface area contributed by atoms with Gasteiger partial charge in [0.2, 0.25) is 5.88 Å². The Morgan fingerprint density at radius 1 is 1.19 bits per heavy atom. The topological polar surface area (TPSA) is 52.3 Å². The maximum atomic E-state index is 6.28. The molecule has 138 valence electrons. The Hall–Kier alpha value is -3.21. The largest absolute Gasteiger partial charge is 0.436 e. The molecule has 0 unspecified atom stereocenters. The van der Waals surface area contributed by atoms with E-state index in [4.69, 9.17) is 4.74 Å². The van der Waals surface area contributed by atoms with Gasteiger partial charge in [-0.2, -0.15) is 4.98 Å². The van der Waals surface area contributed by atoms with E-state index in [0.717, 1.165) is 39.0 Å². The predicted octanol–water partition coefficient (Wildman–Crippen LogP) is 5.30. The first-order valence-corrected chi connectivity index (χ1v) is 8.81. The van der Waals surface area contributed by atoms with Crippen LogP contribution in [0.25, 0.3) is 16.6 Å². The molecule has 0 bridgehead atoms. The quantitative estimate of drug-likeness (QED) is 0.580. The fourth-order valence-electron chi connectivity index (χ4n) is 3.09. The number of hydrogen-bond acceptors (Lipinski definition) is 4. The van der Waals surface area contributed by atoms with Crippen LogP contribution in [0.1, 0.15) is 29.4 Å². The first kappa shape index (κ1) is 18.6. The molecule has 2 aromatic heterocycles. The van der Waals surface area contributed by atoms with Crippen molar-refractivity contribution in [3.63, 3.8) is 0 Å².